The van der Waals surface area contributed by atoms with Crippen molar-refractivity contribution >= 4 is 0 Å². The highest BCUT2D eigenvalue weighted by molar-refractivity contribution is 5.49. The Labute approximate surface area is 112 Å². The van der Waals surface area contributed by atoms with Crippen molar-refractivity contribution in [3.8, 4) is 0 Å². The third-order valence-electron chi connectivity index (χ3n) is 4.54. The zero-order valence-electron chi connectivity index (χ0n) is 12.4. The average molecular weight is 241 g/mol. The number of aryl methyl sites for hydroxylation is 1. The van der Waals surface area contributed by atoms with E-state index >= 15 is 0 Å². The van der Waals surface area contributed by atoms with Gasteiger partial charge in [0, 0.05) is 6.42 Å². The molecule has 97 valence electrons. The molecule has 0 saturated heterocycles. The number of hydrogen-bond donors (Lipinski definition) is 0. The van der Waals surface area contributed by atoms with Crippen LogP contribution in [-0.2, 0) is 10.8 Å². The summed E-state index contributed by atoms with van der Waals surface area (Å²) in [6.07, 6.45) is 6.55. The summed E-state index contributed by atoms with van der Waals surface area (Å²) < 4.78 is 0. The van der Waals surface area contributed by atoms with Gasteiger partial charge in [0.25, 0.3) is 0 Å². The Morgan fingerprint density at radius 3 is 2.00 bits per heavy atom. The Morgan fingerprint density at radius 2 is 1.50 bits per heavy atom. The highest BCUT2D eigenvalue weighted by atomic mass is 14.4. The molecular formula is C18H25. The van der Waals surface area contributed by atoms with Crippen molar-refractivity contribution in [2.24, 2.45) is 0 Å². The van der Waals surface area contributed by atoms with Crippen LogP contribution >= 0.6 is 0 Å². The largest absolute Gasteiger partial charge is 0.102 e. The van der Waals surface area contributed by atoms with E-state index in [-0.39, 0.29) is 0 Å². The van der Waals surface area contributed by atoms with E-state index in [0.29, 0.717) is 10.8 Å². The maximum absolute atomic E-state index is 3.82. The van der Waals surface area contributed by atoms with Gasteiger partial charge in [0.1, 0.15) is 0 Å². The van der Waals surface area contributed by atoms with Gasteiger partial charge in [-0.3, -0.25) is 0 Å². The van der Waals surface area contributed by atoms with Gasteiger partial charge in [0.2, 0.25) is 0 Å². The van der Waals surface area contributed by atoms with Gasteiger partial charge in [0.05, 0.1) is 0 Å². The third-order valence-corrected chi connectivity index (χ3v) is 4.54. The van der Waals surface area contributed by atoms with Gasteiger partial charge in [-0.15, -0.1) is 6.58 Å². The fourth-order valence-electron chi connectivity index (χ4n) is 3.05. The van der Waals surface area contributed by atoms with Gasteiger partial charge >= 0.3 is 0 Å². The van der Waals surface area contributed by atoms with Crippen molar-refractivity contribution in [1.29, 1.82) is 0 Å². The highest BCUT2D eigenvalue weighted by Crippen LogP contribution is 2.46. The Hall–Kier alpha value is -1.04. The van der Waals surface area contributed by atoms with Crippen molar-refractivity contribution in [3.63, 3.8) is 0 Å². The maximum Gasteiger partial charge on any atom is 0.0122 e. The SMILES string of the molecule is C=C[CH]c1cc2c(cc1C)C(C)(C)CCC2(C)C. The number of rotatable bonds is 2. The van der Waals surface area contributed by atoms with E-state index in [1.807, 2.05) is 6.08 Å². The standard InChI is InChI=1S/C18H25/c1-7-8-14-12-16-15(11-13(14)2)17(3,4)9-10-18(16,5)6/h7-8,11-12H,1,9-10H2,2-6H3. The summed E-state index contributed by atoms with van der Waals surface area (Å²) in [5.74, 6) is 0. The smallest absolute Gasteiger partial charge is 0.0122 e. The summed E-state index contributed by atoms with van der Waals surface area (Å²) in [4.78, 5) is 0. The minimum absolute atomic E-state index is 0.294. The summed E-state index contributed by atoms with van der Waals surface area (Å²) in [7, 11) is 0. The molecule has 1 radical (unpaired) electrons. The van der Waals surface area contributed by atoms with Crippen LogP contribution in [0.2, 0.25) is 0 Å². The van der Waals surface area contributed by atoms with Gasteiger partial charge in [-0.1, -0.05) is 45.9 Å². The first-order valence-electron chi connectivity index (χ1n) is 6.89. The number of fused-ring (bicyclic) bond motifs is 1. The van der Waals surface area contributed by atoms with Gasteiger partial charge < -0.3 is 0 Å². The van der Waals surface area contributed by atoms with E-state index < -0.39 is 0 Å². The lowest BCUT2D eigenvalue weighted by Gasteiger charge is -2.42. The van der Waals surface area contributed by atoms with E-state index in [2.05, 4.69) is 59.8 Å². The Morgan fingerprint density at radius 1 is 1.00 bits per heavy atom. The summed E-state index contributed by atoms with van der Waals surface area (Å²) in [5, 5.41) is 0. The molecule has 1 aromatic carbocycles. The molecule has 0 N–H and O–H groups in total. The molecule has 0 unspecified atom stereocenters. The minimum Gasteiger partial charge on any atom is -0.102 e. The minimum atomic E-state index is 0.294. The van der Waals surface area contributed by atoms with Crippen LogP contribution in [0.4, 0.5) is 0 Å². The van der Waals surface area contributed by atoms with E-state index in [1.165, 1.54) is 35.1 Å². The second kappa shape index (κ2) is 4.26. The second-order valence-corrected chi connectivity index (χ2v) is 6.92. The lowest BCUT2D eigenvalue weighted by molar-refractivity contribution is 0.331. The van der Waals surface area contributed by atoms with Crippen molar-refractivity contribution in [1.82, 2.24) is 0 Å². The van der Waals surface area contributed by atoms with Crippen LogP contribution < -0.4 is 0 Å². The van der Waals surface area contributed by atoms with E-state index in [9.17, 15) is 0 Å². The topological polar surface area (TPSA) is 0 Å². The molecule has 0 amide bonds. The van der Waals surface area contributed by atoms with Crippen molar-refractivity contribution in [3.05, 3.63) is 53.5 Å². The summed E-state index contributed by atoms with van der Waals surface area (Å²) >= 11 is 0. The van der Waals surface area contributed by atoms with Crippen molar-refractivity contribution < 1.29 is 0 Å². The molecule has 1 aliphatic carbocycles. The summed E-state index contributed by atoms with van der Waals surface area (Å²) in [6.45, 7) is 15.5. The first-order chi connectivity index (χ1) is 8.28. The van der Waals surface area contributed by atoms with E-state index in [0.717, 1.165) is 0 Å². The molecular weight excluding hydrogens is 216 g/mol. The van der Waals surface area contributed by atoms with Gasteiger partial charge in [-0.2, -0.15) is 0 Å². The molecule has 2 rings (SSSR count). The molecule has 0 aliphatic heterocycles. The highest BCUT2D eigenvalue weighted by Gasteiger charge is 2.37. The first-order valence-corrected chi connectivity index (χ1v) is 6.89. The van der Waals surface area contributed by atoms with Crippen LogP contribution in [-0.4, -0.2) is 0 Å². The molecule has 0 nitrogen and oxygen atoms in total. The summed E-state index contributed by atoms with van der Waals surface area (Å²) in [5.41, 5.74) is 6.34. The lowest BCUT2D eigenvalue weighted by Crippen LogP contribution is -2.34. The molecule has 1 aromatic rings. The van der Waals surface area contributed by atoms with E-state index in [1.54, 1.807) is 0 Å². The van der Waals surface area contributed by atoms with Crippen molar-refractivity contribution in [2.75, 3.05) is 0 Å². The van der Waals surface area contributed by atoms with Gasteiger partial charge in [0.15, 0.2) is 0 Å². The molecule has 1 aliphatic rings. The maximum atomic E-state index is 3.82. The zero-order chi connectivity index (χ0) is 13.6. The van der Waals surface area contributed by atoms with Crippen LogP contribution in [0.25, 0.3) is 0 Å². The quantitative estimate of drug-likeness (QED) is 0.677. The van der Waals surface area contributed by atoms with Crippen LogP contribution in [0, 0.1) is 13.3 Å². The Balaban J connectivity index is 2.64. The number of benzene rings is 1. The molecule has 0 fully saturated rings. The Kier molecular flexibility index (Phi) is 3.17. The van der Waals surface area contributed by atoms with Crippen LogP contribution in [0.1, 0.15) is 62.8 Å². The molecule has 0 bridgehead atoms. The second-order valence-electron chi connectivity index (χ2n) is 6.92. The fraction of sp³-hybridized carbons (Fsp3) is 0.500. The van der Waals surface area contributed by atoms with Gasteiger partial charge in [-0.25, -0.2) is 0 Å². The van der Waals surface area contributed by atoms with Gasteiger partial charge in [-0.05, 0) is 52.8 Å². The third kappa shape index (κ3) is 2.13. The predicted molar refractivity (Wildman–Crippen MR) is 80.1 cm³/mol. The molecule has 0 saturated carbocycles. The monoisotopic (exact) mass is 241 g/mol. The van der Waals surface area contributed by atoms with E-state index in [4.69, 9.17) is 0 Å². The molecule has 0 spiro atoms. The molecule has 0 heterocycles. The lowest BCUT2D eigenvalue weighted by atomic mass is 9.62. The Bertz CT molecular complexity index is 475. The molecule has 18 heavy (non-hydrogen) atoms. The number of hydrogen-bond acceptors (Lipinski definition) is 0. The molecule has 0 atom stereocenters. The van der Waals surface area contributed by atoms with Crippen LogP contribution in [0.15, 0.2) is 24.8 Å². The zero-order valence-corrected chi connectivity index (χ0v) is 12.4. The molecule has 0 heteroatoms. The normalized spacial score (nSPS) is 20.3. The van der Waals surface area contributed by atoms with Crippen LogP contribution in [0.5, 0.6) is 0 Å². The summed E-state index contributed by atoms with van der Waals surface area (Å²) in [6, 6.07) is 4.78. The van der Waals surface area contributed by atoms with Crippen molar-refractivity contribution in [2.45, 2.75) is 58.3 Å². The molecule has 0 aromatic heterocycles. The average Bonchev–Trinajstić information content (AvgIpc) is 2.27. The fourth-order valence-corrected chi connectivity index (χ4v) is 3.05. The predicted octanol–water partition coefficient (Wildman–Crippen LogP) is 5.08. The number of allylic oxidation sites excluding steroid dienone is 1. The first kappa shape index (κ1) is 13.4. The van der Waals surface area contributed by atoms with Crippen LogP contribution in [0.3, 0.4) is 0 Å².